The minimum absolute atomic E-state index is 0.0165. The van der Waals surface area contributed by atoms with E-state index < -0.39 is 5.60 Å². The van der Waals surface area contributed by atoms with Crippen LogP contribution < -0.4 is 9.47 Å². The molecule has 1 heterocycles. The number of hydrogen-bond donors (Lipinski definition) is 0. The van der Waals surface area contributed by atoms with E-state index in [0.717, 1.165) is 31.6 Å². The molecule has 5 heteroatoms. The third kappa shape index (κ3) is 4.99. The summed E-state index contributed by atoms with van der Waals surface area (Å²) < 4.78 is 11.3. The number of methoxy groups -OCH3 is 1. The van der Waals surface area contributed by atoms with Gasteiger partial charge in [-0.3, -0.25) is 4.79 Å². The Balaban J connectivity index is 1.72. The van der Waals surface area contributed by atoms with Crippen LogP contribution in [0.25, 0.3) is 0 Å². The van der Waals surface area contributed by atoms with Crippen LogP contribution in [-0.4, -0.2) is 36.6 Å². The summed E-state index contributed by atoms with van der Waals surface area (Å²) in [4.78, 5) is 15.2. The molecule has 1 saturated heterocycles. The number of amides is 1. The van der Waals surface area contributed by atoms with Gasteiger partial charge in [-0.1, -0.05) is 30.2 Å². The summed E-state index contributed by atoms with van der Waals surface area (Å²) in [5.74, 6) is 1.83. The maximum atomic E-state index is 13.3. The van der Waals surface area contributed by atoms with Crippen molar-refractivity contribution in [3.63, 3.8) is 0 Å². The maximum absolute atomic E-state index is 13.3. The summed E-state index contributed by atoms with van der Waals surface area (Å²) in [6.45, 7) is 5.13. The first-order valence-corrected chi connectivity index (χ1v) is 10.1. The molecule has 4 nitrogen and oxygen atoms in total. The van der Waals surface area contributed by atoms with Crippen molar-refractivity contribution in [1.82, 2.24) is 4.90 Å². The van der Waals surface area contributed by atoms with Gasteiger partial charge in [0.15, 0.2) is 5.60 Å². The zero-order valence-electron chi connectivity index (χ0n) is 16.8. The normalized spacial score (nSPS) is 17.7. The average molecular weight is 402 g/mol. The molecule has 0 radical (unpaired) electrons. The van der Waals surface area contributed by atoms with Crippen LogP contribution in [0, 0.1) is 0 Å². The number of benzene rings is 2. The van der Waals surface area contributed by atoms with Gasteiger partial charge in [0.1, 0.15) is 11.5 Å². The van der Waals surface area contributed by atoms with Crippen LogP contribution in [0.2, 0.25) is 5.02 Å². The standard InChI is InChI=1S/C23H28ClNO3/c1-23(2,28-21-13-9-19(24)10-14-21)22(26)25-15-5-4-6-18(16-25)17-7-11-20(27-3)12-8-17/h7-14,18H,4-6,15-16H2,1-3H3. The number of rotatable bonds is 5. The smallest absolute Gasteiger partial charge is 0.266 e. The summed E-state index contributed by atoms with van der Waals surface area (Å²) in [6.07, 6.45) is 3.20. The molecule has 1 atom stereocenters. The van der Waals surface area contributed by atoms with Crippen LogP contribution in [0.1, 0.15) is 44.6 Å². The van der Waals surface area contributed by atoms with Crippen LogP contribution >= 0.6 is 11.6 Å². The summed E-state index contributed by atoms with van der Waals surface area (Å²) in [6, 6.07) is 15.3. The van der Waals surface area contributed by atoms with Crippen molar-refractivity contribution in [2.75, 3.05) is 20.2 Å². The molecular weight excluding hydrogens is 374 g/mol. The fraction of sp³-hybridized carbons (Fsp3) is 0.435. The van der Waals surface area contributed by atoms with Gasteiger partial charge >= 0.3 is 0 Å². The number of hydrogen-bond acceptors (Lipinski definition) is 3. The molecule has 0 aliphatic carbocycles. The lowest BCUT2D eigenvalue weighted by Gasteiger charge is -2.33. The van der Waals surface area contributed by atoms with E-state index in [-0.39, 0.29) is 5.91 Å². The first-order chi connectivity index (χ1) is 13.4. The predicted molar refractivity (Wildman–Crippen MR) is 112 cm³/mol. The number of halogens is 1. The average Bonchev–Trinajstić information content (AvgIpc) is 2.95. The van der Waals surface area contributed by atoms with Crippen molar-refractivity contribution >= 4 is 17.5 Å². The number of carbonyl (C=O) groups excluding carboxylic acids is 1. The minimum Gasteiger partial charge on any atom is -0.497 e. The third-order valence-corrected chi connectivity index (χ3v) is 5.50. The van der Waals surface area contributed by atoms with Crippen molar-refractivity contribution in [1.29, 1.82) is 0 Å². The lowest BCUT2D eigenvalue weighted by atomic mass is 9.94. The van der Waals surface area contributed by atoms with Gasteiger partial charge in [0.2, 0.25) is 0 Å². The topological polar surface area (TPSA) is 38.8 Å². The number of nitrogens with zero attached hydrogens (tertiary/aromatic N) is 1. The van der Waals surface area contributed by atoms with Crippen molar-refractivity contribution in [3.8, 4) is 11.5 Å². The Morgan fingerprint density at radius 3 is 2.32 bits per heavy atom. The fourth-order valence-electron chi connectivity index (χ4n) is 3.70. The zero-order valence-corrected chi connectivity index (χ0v) is 17.5. The highest BCUT2D eigenvalue weighted by Crippen LogP contribution is 2.30. The van der Waals surface area contributed by atoms with Gasteiger partial charge in [0.25, 0.3) is 5.91 Å². The van der Waals surface area contributed by atoms with Crippen molar-refractivity contribution in [2.45, 2.75) is 44.6 Å². The molecule has 0 bridgehead atoms. The Morgan fingerprint density at radius 1 is 1.04 bits per heavy atom. The summed E-state index contributed by atoms with van der Waals surface area (Å²) >= 11 is 5.94. The van der Waals surface area contributed by atoms with Crippen LogP contribution in [-0.2, 0) is 4.79 Å². The lowest BCUT2D eigenvalue weighted by molar-refractivity contribution is -0.145. The quantitative estimate of drug-likeness (QED) is 0.682. The molecule has 0 saturated carbocycles. The first kappa shape index (κ1) is 20.5. The summed E-state index contributed by atoms with van der Waals surface area (Å²) in [7, 11) is 1.67. The van der Waals surface area contributed by atoms with Crippen LogP contribution in [0.3, 0.4) is 0 Å². The summed E-state index contributed by atoms with van der Waals surface area (Å²) in [5.41, 5.74) is 0.305. The molecule has 0 spiro atoms. The maximum Gasteiger partial charge on any atom is 0.266 e. The SMILES string of the molecule is COc1ccc(C2CCCCN(C(=O)C(C)(C)Oc3ccc(Cl)cc3)C2)cc1. The van der Waals surface area contributed by atoms with E-state index in [1.54, 1.807) is 31.4 Å². The lowest BCUT2D eigenvalue weighted by Crippen LogP contribution is -2.49. The number of carbonyl (C=O) groups is 1. The van der Waals surface area contributed by atoms with Crippen LogP contribution in [0.5, 0.6) is 11.5 Å². The van der Waals surface area contributed by atoms with Crippen molar-refractivity contribution in [3.05, 3.63) is 59.1 Å². The van der Waals surface area contributed by atoms with Gasteiger partial charge in [-0.2, -0.15) is 0 Å². The van der Waals surface area contributed by atoms with E-state index in [4.69, 9.17) is 21.1 Å². The largest absolute Gasteiger partial charge is 0.497 e. The van der Waals surface area contributed by atoms with Gasteiger partial charge in [0.05, 0.1) is 7.11 Å². The predicted octanol–water partition coefficient (Wildman–Crippen LogP) is 5.30. The second-order valence-electron chi connectivity index (χ2n) is 7.78. The second kappa shape index (κ2) is 8.87. The molecule has 1 aliphatic heterocycles. The highest BCUT2D eigenvalue weighted by molar-refractivity contribution is 6.30. The molecule has 150 valence electrons. The second-order valence-corrected chi connectivity index (χ2v) is 8.22. The van der Waals surface area contributed by atoms with E-state index in [1.807, 2.05) is 30.9 Å². The van der Waals surface area contributed by atoms with E-state index in [2.05, 4.69) is 12.1 Å². The van der Waals surface area contributed by atoms with Gasteiger partial charge in [0, 0.05) is 24.0 Å². The van der Waals surface area contributed by atoms with Gasteiger partial charge < -0.3 is 14.4 Å². The minimum atomic E-state index is -0.942. The molecule has 28 heavy (non-hydrogen) atoms. The molecule has 1 amide bonds. The van der Waals surface area contributed by atoms with Gasteiger partial charge in [-0.25, -0.2) is 0 Å². The van der Waals surface area contributed by atoms with Crippen LogP contribution in [0.4, 0.5) is 0 Å². The third-order valence-electron chi connectivity index (χ3n) is 5.25. The Bertz CT molecular complexity index is 786. The van der Waals surface area contributed by atoms with E-state index in [0.29, 0.717) is 23.2 Å². The first-order valence-electron chi connectivity index (χ1n) is 9.77. The Labute approximate surface area is 172 Å². The molecule has 1 aliphatic rings. The zero-order chi connectivity index (χ0) is 20.1. The monoisotopic (exact) mass is 401 g/mol. The molecular formula is C23H28ClNO3. The van der Waals surface area contributed by atoms with Crippen LogP contribution in [0.15, 0.2) is 48.5 Å². The molecule has 2 aromatic carbocycles. The highest BCUT2D eigenvalue weighted by Gasteiger charge is 2.36. The Hall–Kier alpha value is -2.20. The van der Waals surface area contributed by atoms with E-state index in [1.165, 1.54) is 5.56 Å². The highest BCUT2D eigenvalue weighted by atomic mass is 35.5. The molecule has 1 unspecified atom stereocenters. The molecule has 0 aromatic heterocycles. The summed E-state index contributed by atoms with van der Waals surface area (Å²) in [5, 5.41) is 0.645. The molecule has 1 fully saturated rings. The van der Waals surface area contributed by atoms with Crippen molar-refractivity contribution in [2.24, 2.45) is 0 Å². The van der Waals surface area contributed by atoms with E-state index >= 15 is 0 Å². The Kier molecular flexibility index (Phi) is 6.50. The number of likely N-dealkylation sites (tertiary alicyclic amines) is 1. The molecule has 2 aromatic rings. The molecule has 3 rings (SSSR count). The van der Waals surface area contributed by atoms with Gasteiger partial charge in [-0.15, -0.1) is 0 Å². The van der Waals surface area contributed by atoms with Crippen molar-refractivity contribution < 1.29 is 14.3 Å². The van der Waals surface area contributed by atoms with Gasteiger partial charge in [-0.05, 0) is 68.7 Å². The number of ether oxygens (including phenoxy) is 2. The Morgan fingerprint density at radius 2 is 1.68 bits per heavy atom. The fourth-order valence-corrected chi connectivity index (χ4v) is 3.82. The van der Waals surface area contributed by atoms with E-state index in [9.17, 15) is 4.79 Å². The molecule has 0 N–H and O–H groups in total.